The van der Waals surface area contributed by atoms with E-state index in [0.717, 1.165) is 81.7 Å². The van der Waals surface area contributed by atoms with Gasteiger partial charge in [0, 0.05) is 13.1 Å². The highest BCUT2D eigenvalue weighted by Crippen LogP contribution is 2.36. The topological polar surface area (TPSA) is 167 Å². The molecule has 3 amide bonds. The van der Waals surface area contributed by atoms with Gasteiger partial charge in [-0.15, -0.1) is 0 Å². The molecule has 3 aromatic carbocycles. The lowest BCUT2D eigenvalue weighted by Crippen LogP contribution is -2.51. The van der Waals surface area contributed by atoms with Crippen molar-refractivity contribution in [3.05, 3.63) is 72.3 Å². The summed E-state index contributed by atoms with van der Waals surface area (Å²) in [5.74, 6) is 1.21. The Labute approximate surface area is 326 Å². The minimum atomic E-state index is -0.688. The number of H-pyrrole nitrogens is 2. The van der Waals surface area contributed by atoms with Crippen LogP contribution in [0.3, 0.4) is 0 Å². The lowest BCUT2D eigenvalue weighted by atomic mass is 10.00. The molecule has 2 aliphatic heterocycles. The largest absolute Gasteiger partial charge is 0.453 e. The Morgan fingerprint density at radius 2 is 1.25 bits per heavy atom. The quantitative estimate of drug-likeness (QED) is 0.0523. The minimum absolute atomic E-state index is 0.0133. The summed E-state index contributed by atoms with van der Waals surface area (Å²) < 4.78 is 4.77. The molecule has 2 aromatic heterocycles. The van der Waals surface area contributed by atoms with Gasteiger partial charge in [-0.3, -0.25) is 9.59 Å². The summed E-state index contributed by atoms with van der Waals surface area (Å²) in [5.41, 5.74) is 7.67. The molecule has 2 aliphatic rings. The smallest absolute Gasteiger partial charge is 0.407 e. The van der Waals surface area contributed by atoms with E-state index in [4.69, 9.17) is 19.6 Å². The molecule has 4 heterocycles. The highest BCUT2D eigenvalue weighted by molar-refractivity contribution is 5.88. The second-order valence-corrected chi connectivity index (χ2v) is 15.2. The van der Waals surface area contributed by atoms with Crippen molar-refractivity contribution in [2.45, 2.75) is 77.5 Å². The van der Waals surface area contributed by atoms with Gasteiger partial charge in [-0.2, -0.15) is 4.89 Å². The number of hydrogen-bond acceptors (Lipinski definition) is 9. The third kappa shape index (κ3) is 7.83. The third-order valence-electron chi connectivity index (χ3n) is 10.9. The number of ether oxygens (including phenoxy) is 1. The third-order valence-corrected chi connectivity index (χ3v) is 10.9. The van der Waals surface area contributed by atoms with Gasteiger partial charge < -0.3 is 34.7 Å². The highest BCUT2D eigenvalue weighted by Gasteiger charge is 2.38. The minimum Gasteiger partial charge on any atom is -0.453 e. The Hall–Kier alpha value is -5.76. The van der Waals surface area contributed by atoms with Crippen LogP contribution in [0.5, 0.6) is 0 Å². The van der Waals surface area contributed by atoms with Crippen LogP contribution in [0.4, 0.5) is 4.79 Å². The number of hydrogen-bond donors (Lipinski definition) is 3. The van der Waals surface area contributed by atoms with Crippen molar-refractivity contribution in [3.8, 4) is 22.3 Å². The van der Waals surface area contributed by atoms with Gasteiger partial charge in [0.05, 0.1) is 48.4 Å². The standard InChI is InChI=1S/C42H50N8O6/c1-24(2)36(43-23-56-55-6)40(51)49-19-7-9-34(49)38-44-30-17-15-28(21-32(30)46-38)26-11-13-27(14-12-26)29-16-18-31-33(22-29)47-39(45-31)35-10-8-20-50(35)41(52)37(25(3)4)48-42(53)54-5/h11-18,21-25,34-37H,7-10,19-20H2,1-6H3,(H,44,46)(H,45,47)(H,48,53)/b43-23+/t34-,35-,36-,37+/m0/s1. The van der Waals surface area contributed by atoms with Crippen LogP contribution >= 0.6 is 0 Å². The summed E-state index contributed by atoms with van der Waals surface area (Å²) in [6.07, 6.45) is 3.91. The highest BCUT2D eigenvalue weighted by atomic mass is 17.2. The number of carbonyl (C=O) groups excluding carboxylic acids is 3. The number of benzene rings is 3. The number of amides is 3. The van der Waals surface area contributed by atoms with Gasteiger partial charge in [0.25, 0.3) is 0 Å². The Balaban J connectivity index is 1.06. The van der Waals surface area contributed by atoms with Gasteiger partial charge in [0.15, 0.2) is 0 Å². The van der Waals surface area contributed by atoms with Gasteiger partial charge in [-0.05, 0) is 84.0 Å². The van der Waals surface area contributed by atoms with Crippen LogP contribution in [0.15, 0.2) is 65.7 Å². The molecule has 3 N–H and O–H groups in total. The van der Waals surface area contributed by atoms with Crippen LogP contribution < -0.4 is 5.32 Å². The van der Waals surface area contributed by atoms with Crippen LogP contribution in [0.25, 0.3) is 44.3 Å². The predicted octanol–water partition coefficient (Wildman–Crippen LogP) is 7.11. The molecule has 0 aliphatic carbocycles. The molecule has 0 spiro atoms. The number of carbonyl (C=O) groups is 3. The first-order valence-electron chi connectivity index (χ1n) is 19.3. The fourth-order valence-electron chi connectivity index (χ4n) is 7.91. The second kappa shape index (κ2) is 16.5. The van der Waals surface area contributed by atoms with E-state index >= 15 is 0 Å². The van der Waals surface area contributed by atoms with Gasteiger partial charge in [0.1, 0.15) is 23.7 Å². The number of aliphatic imine (C=N–C) groups is 1. The SMILES string of the molecule is COO/C=N/[C@H](C(=O)N1CCC[C@H]1c1nc2cc(-c3ccc(-c4ccc5[nH]c([C@@H]6CCCN6C(=O)[C@H](NC(=O)OC)C(C)C)nc5c4)cc3)ccc2[nH]1)C(C)C. The number of aromatic amines is 2. The molecule has 0 bridgehead atoms. The Bertz CT molecular complexity index is 2230. The van der Waals surface area contributed by atoms with Gasteiger partial charge >= 0.3 is 6.09 Å². The molecule has 0 radical (unpaired) electrons. The van der Waals surface area contributed by atoms with Gasteiger partial charge in [-0.1, -0.05) is 64.1 Å². The number of nitrogens with zero attached hydrogens (tertiary/aromatic N) is 5. The molecule has 294 valence electrons. The number of nitrogens with one attached hydrogen (secondary N) is 3. The van der Waals surface area contributed by atoms with Crippen molar-refractivity contribution in [2.75, 3.05) is 27.3 Å². The molecule has 7 rings (SSSR count). The van der Waals surface area contributed by atoms with Crippen molar-refractivity contribution < 1.29 is 28.9 Å². The van der Waals surface area contributed by atoms with E-state index in [1.807, 2.05) is 49.6 Å². The Morgan fingerprint density at radius 3 is 1.71 bits per heavy atom. The molecule has 4 atom stereocenters. The Kier molecular flexibility index (Phi) is 11.4. The maximum absolute atomic E-state index is 13.6. The zero-order chi connectivity index (χ0) is 39.5. The molecule has 56 heavy (non-hydrogen) atoms. The van der Waals surface area contributed by atoms with E-state index in [0.29, 0.717) is 13.1 Å². The molecule has 14 nitrogen and oxygen atoms in total. The monoisotopic (exact) mass is 762 g/mol. The number of rotatable bonds is 12. The van der Waals surface area contributed by atoms with Crippen LogP contribution in [0.1, 0.15) is 77.1 Å². The van der Waals surface area contributed by atoms with E-state index in [1.165, 1.54) is 20.6 Å². The summed E-state index contributed by atoms with van der Waals surface area (Å²) in [7, 11) is 2.69. The molecule has 0 saturated carbocycles. The molecular formula is C42H50N8O6. The van der Waals surface area contributed by atoms with Crippen molar-refractivity contribution >= 4 is 46.4 Å². The molecule has 2 saturated heterocycles. The number of fused-ring (bicyclic) bond motifs is 2. The maximum Gasteiger partial charge on any atom is 0.407 e. The zero-order valence-electron chi connectivity index (χ0n) is 32.7. The van der Waals surface area contributed by atoms with Gasteiger partial charge in [0.2, 0.25) is 18.2 Å². The van der Waals surface area contributed by atoms with Crippen molar-refractivity contribution in [2.24, 2.45) is 16.8 Å². The van der Waals surface area contributed by atoms with E-state index in [1.54, 1.807) is 0 Å². The molecule has 0 unspecified atom stereocenters. The second-order valence-electron chi connectivity index (χ2n) is 15.2. The first-order chi connectivity index (χ1) is 27.1. The van der Waals surface area contributed by atoms with Crippen molar-refractivity contribution in [3.63, 3.8) is 0 Å². The van der Waals surface area contributed by atoms with Crippen molar-refractivity contribution in [1.82, 2.24) is 35.1 Å². The number of likely N-dealkylation sites (tertiary alicyclic amines) is 2. The molecule has 2 fully saturated rings. The predicted molar refractivity (Wildman–Crippen MR) is 213 cm³/mol. The zero-order valence-corrected chi connectivity index (χ0v) is 32.7. The number of alkyl carbamates (subject to hydrolysis) is 1. The average Bonchev–Trinajstić information content (AvgIpc) is 4.03. The van der Waals surface area contributed by atoms with Crippen LogP contribution in [0.2, 0.25) is 0 Å². The van der Waals surface area contributed by atoms with Crippen molar-refractivity contribution in [1.29, 1.82) is 0 Å². The van der Waals surface area contributed by atoms with Crippen LogP contribution in [-0.4, -0.2) is 93.4 Å². The summed E-state index contributed by atoms with van der Waals surface area (Å²) >= 11 is 0. The molecule has 14 heteroatoms. The average molecular weight is 763 g/mol. The molecule has 5 aromatic rings. The number of aromatic nitrogens is 4. The molecular weight excluding hydrogens is 713 g/mol. The van der Waals surface area contributed by atoms with Crippen LogP contribution in [-0.2, 0) is 24.1 Å². The van der Waals surface area contributed by atoms with E-state index in [9.17, 15) is 14.4 Å². The number of methoxy groups -OCH3 is 1. The van der Waals surface area contributed by atoms with E-state index < -0.39 is 18.2 Å². The normalized spacial score (nSPS) is 18.4. The Morgan fingerprint density at radius 1 is 0.750 bits per heavy atom. The van der Waals surface area contributed by atoms with Gasteiger partial charge in [-0.25, -0.2) is 19.8 Å². The number of imidazole rings is 2. The van der Waals surface area contributed by atoms with Crippen LogP contribution in [0, 0.1) is 11.8 Å². The van der Waals surface area contributed by atoms with E-state index in [2.05, 4.69) is 73.7 Å². The lowest BCUT2D eigenvalue weighted by molar-refractivity contribution is -0.188. The fraction of sp³-hybridized carbons (Fsp3) is 0.429. The first kappa shape index (κ1) is 38.5. The summed E-state index contributed by atoms with van der Waals surface area (Å²) in [5, 5.41) is 2.71. The maximum atomic E-state index is 13.6. The van der Waals surface area contributed by atoms with E-state index in [-0.39, 0.29) is 35.7 Å². The summed E-state index contributed by atoms with van der Waals surface area (Å²) in [6.45, 7) is 8.99. The first-order valence-corrected chi connectivity index (χ1v) is 19.3. The fourth-order valence-corrected chi connectivity index (χ4v) is 7.91. The summed E-state index contributed by atoms with van der Waals surface area (Å²) in [4.78, 5) is 73.5. The summed E-state index contributed by atoms with van der Waals surface area (Å²) in [6, 6.07) is 19.2. The lowest BCUT2D eigenvalue weighted by Gasteiger charge is -2.29.